The fourth-order valence-electron chi connectivity index (χ4n) is 3.28. The quantitative estimate of drug-likeness (QED) is 0.844. The van der Waals surface area contributed by atoms with Crippen LogP contribution in [-0.4, -0.2) is 44.1 Å². The van der Waals surface area contributed by atoms with Gasteiger partial charge in [-0.2, -0.15) is 0 Å². The van der Waals surface area contributed by atoms with Gasteiger partial charge in [-0.1, -0.05) is 35.9 Å². The lowest BCUT2D eigenvalue weighted by Crippen LogP contribution is -2.48. The number of piperazine rings is 1. The molecule has 26 heavy (non-hydrogen) atoms. The van der Waals surface area contributed by atoms with Crippen LogP contribution in [0.5, 0.6) is 5.75 Å². The molecular formula is C20H24ClN3O2. The minimum Gasteiger partial charge on any atom is -0.495 e. The van der Waals surface area contributed by atoms with Gasteiger partial charge in [-0.15, -0.1) is 0 Å². The summed E-state index contributed by atoms with van der Waals surface area (Å²) < 4.78 is 5.34. The minimum atomic E-state index is -0.0622. The van der Waals surface area contributed by atoms with Crippen LogP contribution in [0.15, 0.2) is 42.5 Å². The number of hydrogen-bond donors (Lipinski definition) is 2. The number of nitrogens with one attached hydrogen (secondary N) is 2. The van der Waals surface area contributed by atoms with Gasteiger partial charge >= 0.3 is 0 Å². The second-order valence-electron chi connectivity index (χ2n) is 6.46. The third-order valence-corrected chi connectivity index (χ3v) is 4.94. The first-order chi connectivity index (χ1) is 12.6. The fourth-order valence-corrected chi connectivity index (χ4v) is 3.54. The molecule has 2 aromatic carbocycles. The SMILES string of the molecule is COc1ccc(C)cc1NC(=O)CN1CCNCC1c1ccccc1Cl. The molecule has 138 valence electrons. The number of halogens is 1. The van der Waals surface area contributed by atoms with Gasteiger partial charge in [0.1, 0.15) is 5.75 Å². The first-order valence-electron chi connectivity index (χ1n) is 8.72. The van der Waals surface area contributed by atoms with Crippen LogP contribution in [0.2, 0.25) is 5.02 Å². The standard InChI is InChI=1S/C20H24ClN3O2/c1-14-7-8-19(26-2)17(11-14)23-20(25)13-24-10-9-22-12-18(24)15-5-3-4-6-16(15)21/h3-8,11,18,22H,9-10,12-13H2,1-2H3,(H,23,25). The molecule has 2 N–H and O–H groups in total. The van der Waals surface area contributed by atoms with Crippen molar-refractivity contribution in [2.24, 2.45) is 0 Å². The van der Waals surface area contributed by atoms with E-state index in [4.69, 9.17) is 16.3 Å². The van der Waals surface area contributed by atoms with Crippen LogP contribution in [0.25, 0.3) is 0 Å². The average Bonchev–Trinajstić information content (AvgIpc) is 2.63. The summed E-state index contributed by atoms with van der Waals surface area (Å²) >= 11 is 6.37. The highest BCUT2D eigenvalue weighted by molar-refractivity contribution is 6.31. The molecule has 0 bridgehead atoms. The summed E-state index contributed by atoms with van der Waals surface area (Å²) in [5, 5.41) is 7.09. The van der Waals surface area contributed by atoms with Crippen LogP contribution in [-0.2, 0) is 4.79 Å². The number of ether oxygens (including phenoxy) is 1. The number of methoxy groups -OCH3 is 1. The Hall–Kier alpha value is -2.08. The summed E-state index contributed by atoms with van der Waals surface area (Å²) in [6.45, 7) is 4.69. The molecule has 1 aliphatic heterocycles. The van der Waals surface area contributed by atoms with Crippen LogP contribution >= 0.6 is 11.6 Å². The van der Waals surface area contributed by atoms with Crippen molar-refractivity contribution in [1.29, 1.82) is 0 Å². The molecule has 0 aromatic heterocycles. The topological polar surface area (TPSA) is 53.6 Å². The van der Waals surface area contributed by atoms with Crippen molar-refractivity contribution in [3.63, 3.8) is 0 Å². The molecule has 6 heteroatoms. The monoisotopic (exact) mass is 373 g/mol. The molecule has 1 atom stereocenters. The Morgan fingerprint density at radius 1 is 1.35 bits per heavy atom. The van der Waals surface area contributed by atoms with Crippen LogP contribution < -0.4 is 15.4 Å². The maximum absolute atomic E-state index is 12.7. The lowest BCUT2D eigenvalue weighted by molar-refractivity contribution is -0.118. The predicted molar refractivity (Wildman–Crippen MR) is 105 cm³/mol. The smallest absolute Gasteiger partial charge is 0.238 e. The Labute approximate surface area is 159 Å². The van der Waals surface area contributed by atoms with E-state index in [9.17, 15) is 4.79 Å². The zero-order chi connectivity index (χ0) is 18.5. The number of benzene rings is 2. The Balaban J connectivity index is 1.73. The number of hydrogen-bond acceptors (Lipinski definition) is 4. The Morgan fingerprint density at radius 2 is 2.15 bits per heavy atom. The van der Waals surface area contributed by atoms with Gasteiger partial charge in [0.05, 0.1) is 19.3 Å². The molecule has 1 unspecified atom stereocenters. The van der Waals surface area contributed by atoms with Crippen molar-refractivity contribution in [3.05, 3.63) is 58.6 Å². The van der Waals surface area contributed by atoms with Gasteiger partial charge in [-0.3, -0.25) is 9.69 Å². The number of amides is 1. The second kappa shape index (κ2) is 8.54. The van der Waals surface area contributed by atoms with E-state index >= 15 is 0 Å². The normalized spacial score (nSPS) is 17.7. The van der Waals surface area contributed by atoms with E-state index in [1.165, 1.54) is 0 Å². The van der Waals surface area contributed by atoms with E-state index in [-0.39, 0.29) is 11.9 Å². The van der Waals surface area contributed by atoms with Crippen LogP contribution in [0.3, 0.4) is 0 Å². The molecule has 1 saturated heterocycles. The van der Waals surface area contributed by atoms with Crippen molar-refractivity contribution >= 4 is 23.2 Å². The molecule has 1 heterocycles. The molecule has 3 rings (SSSR count). The van der Waals surface area contributed by atoms with Gasteiger partial charge in [-0.25, -0.2) is 0 Å². The highest BCUT2D eigenvalue weighted by Crippen LogP contribution is 2.29. The molecule has 2 aromatic rings. The maximum atomic E-state index is 12.7. The molecule has 1 fully saturated rings. The van der Waals surface area contributed by atoms with Crippen molar-refractivity contribution in [3.8, 4) is 5.75 Å². The zero-order valence-electron chi connectivity index (χ0n) is 15.1. The molecule has 0 aliphatic carbocycles. The van der Waals surface area contributed by atoms with Crippen molar-refractivity contribution in [2.75, 3.05) is 38.6 Å². The summed E-state index contributed by atoms with van der Waals surface area (Å²) in [6.07, 6.45) is 0. The Kier molecular flexibility index (Phi) is 6.14. The number of nitrogens with zero attached hydrogens (tertiary/aromatic N) is 1. The minimum absolute atomic E-state index is 0.0622. The Morgan fingerprint density at radius 3 is 2.92 bits per heavy atom. The molecule has 1 amide bonds. The van der Waals surface area contributed by atoms with Crippen molar-refractivity contribution in [1.82, 2.24) is 10.2 Å². The number of carbonyl (C=O) groups is 1. The summed E-state index contributed by atoms with van der Waals surface area (Å²) in [6, 6.07) is 13.6. The molecule has 5 nitrogen and oxygen atoms in total. The first-order valence-corrected chi connectivity index (χ1v) is 9.10. The highest BCUT2D eigenvalue weighted by atomic mass is 35.5. The second-order valence-corrected chi connectivity index (χ2v) is 6.87. The lowest BCUT2D eigenvalue weighted by Gasteiger charge is -2.36. The van der Waals surface area contributed by atoms with Crippen molar-refractivity contribution in [2.45, 2.75) is 13.0 Å². The van der Waals surface area contributed by atoms with Gasteiger partial charge < -0.3 is 15.4 Å². The number of carbonyl (C=O) groups excluding carboxylic acids is 1. The van der Waals surface area contributed by atoms with Gasteiger partial charge in [-0.05, 0) is 36.2 Å². The summed E-state index contributed by atoms with van der Waals surface area (Å²) in [7, 11) is 1.60. The van der Waals surface area contributed by atoms with Gasteiger partial charge in [0, 0.05) is 30.7 Å². The van der Waals surface area contributed by atoms with E-state index in [1.807, 2.05) is 49.4 Å². The van der Waals surface area contributed by atoms with Crippen LogP contribution in [0.4, 0.5) is 5.69 Å². The molecule has 0 spiro atoms. The number of rotatable bonds is 5. The highest BCUT2D eigenvalue weighted by Gasteiger charge is 2.27. The largest absolute Gasteiger partial charge is 0.495 e. The molecule has 0 saturated carbocycles. The summed E-state index contributed by atoms with van der Waals surface area (Å²) in [4.78, 5) is 14.8. The van der Waals surface area contributed by atoms with Crippen LogP contribution in [0, 0.1) is 6.92 Å². The Bertz CT molecular complexity index is 781. The zero-order valence-corrected chi connectivity index (χ0v) is 15.8. The van der Waals surface area contributed by atoms with Crippen LogP contribution in [0.1, 0.15) is 17.2 Å². The first kappa shape index (κ1) is 18.7. The van der Waals surface area contributed by atoms with Gasteiger partial charge in [0.25, 0.3) is 0 Å². The lowest BCUT2D eigenvalue weighted by atomic mass is 10.0. The van der Waals surface area contributed by atoms with E-state index in [0.717, 1.165) is 35.8 Å². The van der Waals surface area contributed by atoms with Gasteiger partial charge in [0.15, 0.2) is 0 Å². The summed E-state index contributed by atoms with van der Waals surface area (Å²) in [5.74, 6) is 0.597. The molecule has 0 radical (unpaired) electrons. The van der Waals surface area contributed by atoms with E-state index in [0.29, 0.717) is 18.0 Å². The fraction of sp³-hybridized carbons (Fsp3) is 0.350. The predicted octanol–water partition coefficient (Wildman–Crippen LogP) is 3.24. The molecular weight excluding hydrogens is 350 g/mol. The summed E-state index contributed by atoms with van der Waals surface area (Å²) in [5.41, 5.74) is 2.81. The number of aryl methyl sites for hydroxylation is 1. The van der Waals surface area contributed by atoms with Crippen molar-refractivity contribution < 1.29 is 9.53 Å². The van der Waals surface area contributed by atoms with Gasteiger partial charge in [0.2, 0.25) is 5.91 Å². The maximum Gasteiger partial charge on any atom is 0.238 e. The third kappa shape index (κ3) is 4.36. The third-order valence-electron chi connectivity index (χ3n) is 4.59. The number of anilines is 1. The average molecular weight is 374 g/mol. The van der Waals surface area contributed by atoms with E-state index in [2.05, 4.69) is 15.5 Å². The van der Waals surface area contributed by atoms with E-state index in [1.54, 1.807) is 7.11 Å². The molecule has 1 aliphatic rings. The van der Waals surface area contributed by atoms with E-state index < -0.39 is 0 Å².